The number of hydrogen-bond donors (Lipinski definition) is 0. The fourth-order valence-electron chi connectivity index (χ4n) is 10.9. The number of rotatable bonds is 13. The Hall–Kier alpha value is -4.40. The van der Waals surface area contributed by atoms with E-state index in [9.17, 15) is 19.2 Å². The van der Waals surface area contributed by atoms with Gasteiger partial charge in [-0.15, -0.1) is 0 Å². The highest BCUT2D eigenvalue weighted by Gasteiger charge is 2.51. The summed E-state index contributed by atoms with van der Waals surface area (Å²) in [6.07, 6.45) is 11.6. The summed E-state index contributed by atoms with van der Waals surface area (Å²) in [5.74, 6) is -0.940. The van der Waals surface area contributed by atoms with Crippen molar-refractivity contribution in [3.8, 4) is 0 Å². The SMILES string of the molecule is CCCCCCC(CCCCCC)N1C(=O)c2ccc3c4ccc5c6c(ccc(c7ccc(c2c37)C1=O)c64)C(=O)N(C1CC(C)(C)N(OC)C(C)(C)C1)C5=O. The van der Waals surface area contributed by atoms with Crippen LogP contribution in [0.15, 0.2) is 48.5 Å². The van der Waals surface area contributed by atoms with Crippen molar-refractivity contribution in [3.05, 3.63) is 70.8 Å². The maximum atomic E-state index is 14.5. The highest BCUT2D eigenvalue weighted by Crippen LogP contribution is 2.48. The molecule has 0 N–H and O–H groups in total. The van der Waals surface area contributed by atoms with Crippen LogP contribution in [0.1, 0.15) is 160 Å². The lowest BCUT2D eigenvalue weighted by Crippen LogP contribution is -2.65. The highest BCUT2D eigenvalue weighted by molar-refractivity contribution is 6.41. The van der Waals surface area contributed by atoms with Crippen LogP contribution in [-0.4, -0.2) is 68.8 Å². The number of piperidine rings is 1. The molecule has 0 saturated carbocycles. The number of carbonyl (C=O) groups is 4. The first-order valence-corrected chi connectivity index (χ1v) is 20.7. The molecule has 4 amide bonds. The van der Waals surface area contributed by atoms with Gasteiger partial charge in [0.1, 0.15) is 0 Å². The number of hydrogen-bond acceptors (Lipinski definition) is 6. The Labute approximate surface area is 324 Å². The van der Waals surface area contributed by atoms with Crippen molar-refractivity contribution in [3.63, 3.8) is 0 Å². The van der Waals surface area contributed by atoms with Gasteiger partial charge in [-0.05, 0) is 110 Å². The van der Waals surface area contributed by atoms with Crippen molar-refractivity contribution in [2.75, 3.05) is 7.11 Å². The molecule has 288 valence electrons. The monoisotopic (exact) mass is 741 g/mol. The van der Waals surface area contributed by atoms with E-state index in [1.54, 1.807) is 12.0 Å². The molecule has 8 rings (SSSR count). The fraction of sp³-hybridized carbons (Fsp3) is 0.489. The summed E-state index contributed by atoms with van der Waals surface area (Å²) >= 11 is 0. The molecule has 3 heterocycles. The smallest absolute Gasteiger partial charge is 0.261 e. The summed E-state index contributed by atoms with van der Waals surface area (Å²) in [7, 11) is 1.68. The van der Waals surface area contributed by atoms with Gasteiger partial charge in [-0.3, -0.25) is 29.0 Å². The lowest BCUT2D eigenvalue weighted by Gasteiger charge is -2.55. The maximum absolute atomic E-state index is 14.5. The molecule has 3 aliphatic heterocycles. The van der Waals surface area contributed by atoms with E-state index in [0.717, 1.165) is 96.5 Å². The third-order valence-corrected chi connectivity index (χ3v) is 13.0. The molecular weight excluding hydrogens is 687 g/mol. The number of amides is 4. The first-order valence-electron chi connectivity index (χ1n) is 20.7. The summed E-state index contributed by atoms with van der Waals surface area (Å²) in [4.78, 5) is 66.9. The standard InChI is InChI=1S/C47H55N3O5/c1-8-10-12-14-16-28(17-15-13-11-9-2)48-42(51)34-22-18-30-32-20-24-36-41-37(25-21-33(39(32)41)31-19-23-35(43(48)52)40(34)38(30)31)45(54)49(44(36)53)29-26-46(3,4)50(55-7)47(5,6)27-29/h18-25,28-29H,8-17,26-27H2,1-7H3. The van der Waals surface area contributed by atoms with E-state index in [2.05, 4.69) is 41.5 Å². The summed E-state index contributed by atoms with van der Waals surface area (Å²) in [6.45, 7) is 12.8. The number of imide groups is 2. The zero-order chi connectivity index (χ0) is 39.0. The van der Waals surface area contributed by atoms with Gasteiger partial charge in [0.25, 0.3) is 23.6 Å². The molecule has 3 aliphatic rings. The molecule has 8 nitrogen and oxygen atoms in total. The van der Waals surface area contributed by atoms with Crippen LogP contribution in [-0.2, 0) is 4.84 Å². The van der Waals surface area contributed by atoms with Gasteiger partial charge in [0.15, 0.2) is 0 Å². The average molecular weight is 742 g/mol. The van der Waals surface area contributed by atoms with Gasteiger partial charge in [-0.1, -0.05) is 89.5 Å². The lowest BCUT2D eigenvalue weighted by molar-refractivity contribution is -0.269. The van der Waals surface area contributed by atoms with Crippen molar-refractivity contribution < 1.29 is 24.0 Å². The minimum atomic E-state index is -0.404. The van der Waals surface area contributed by atoms with Crippen molar-refractivity contribution >= 4 is 66.7 Å². The lowest BCUT2D eigenvalue weighted by atomic mass is 9.77. The van der Waals surface area contributed by atoms with Crippen LogP contribution in [0.2, 0.25) is 0 Å². The number of carbonyl (C=O) groups excluding carboxylic acids is 4. The molecule has 5 aromatic rings. The predicted molar refractivity (Wildman–Crippen MR) is 220 cm³/mol. The second-order valence-electron chi connectivity index (χ2n) is 17.6. The molecule has 0 atom stereocenters. The van der Waals surface area contributed by atoms with E-state index in [1.165, 1.54) is 4.90 Å². The molecule has 1 fully saturated rings. The van der Waals surface area contributed by atoms with Crippen LogP contribution in [0.4, 0.5) is 0 Å². The van der Waals surface area contributed by atoms with Crippen molar-refractivity contribution in [1.82, 2.24) is 14.9 Å². The van der Waals surface area contributed by atoms with Crippen LogP contribution >= 0.6 is 0 Å². The first kappa shape index (κ1) is 37.5. The van der Waals surface area contributed by atoms with Crippen molar-refractivity contribution in [2.24, 2.45) is 0 Å². The summed E-state index contributed by atoms with van der Waals surface area (Å²) < 4.78 is 0. The van der Waals surface area contributed by atoms with Gasteiger partial charge in [-0.2, -0.15) is 5.06 Å². The predicted octanol–water partition coefficient (Wildman–Crippen LogP) is 10.8. The van der Waals surface area contributed by atoms with Crippen LogP contribution in [0.5, 0.6) is 0 Å². The Kier molecular flexibility index (Phi) is 9.53. The third kappa shape index (κ3) is 5.77. The van der Waals surface area contributed by atoms with Crippen LogP contribution in [0.3, 0.4) is 0 Å². The minimum Gasteiger partial charge on any atom is -0.301 e. The zero-order valence-electron chi connectivity index (χ0n) is 33.6. The molecule has 0 aliphatic carbocycles. The molecule has 0 aromatic heterocycles. The molecule has 55 heavy (non-hydrogen) atoms. The second-order valence-corrected chi connectivity index (χ2v) is 17.6. The number of unbranched alkanes of at least 4 members (excludes halogenated alkanes) is 6. The topological polar surface area (TPSA) is 87.2 Å². The zero-order valence-corrected chi connectivity index (χ0v) is 33.6. The average Bonchev–Trinajstić information content (AvgIpc) is 3.14. The summed E-state index contributed by atoms with van der Waals surface area (Å²) in [5.41, 5.74) is 1.39. The number of nitrogens with zero attached hydrogens (tertiary/aromatic N) is 3. The molecule has 1 saturated heterocycles. The molecule has 5 aromatic carbocycles. The van der Waals surface area contributed by atoms with Crippen LogP contribution in [0, 0.1) is 0 Å². The van der Waals surface area contributed by atoms with Crippen molar-refractivity contribution in [2.45, 2.75) is 142 Å². The Morgan fingerprint density at radius 3 is 1.31 bits per heavy atom. The van der Waals surface area contributed by atoms with Gasteiger partial charge < -0.3 is 4.84 Å². The van der Waals surface area contributed by atoms with Crippen LogP contribution < -0.4 is 0 Å². The maximum Gasteiger partial charge on any atom is 0.261 e. The highest BCUT2D eigenvalue weighted by atomic mass is 16.7. The largest absolute Gasteiger partial charge is 0.301 e. The Morgan fingerprint density at radius 2 is 0.945 bits per heavy atom. The number of hydroxylamine groups is 2. The molecule has 0 spiro atoms. The van der Waals surface area contributed by atoms with Gasteiger partial charge in [0, 0.05) is 56.2 Å². The Bertz CT molecular complexity index is 2230. The van der Waals surface area contributed by atoms with Gasteiger partial charge in [-0.25, -0.2) is 0 Å². The van der Waals surface area contributed by atoms with E-state index < -0.39 is 11.1 Å². The van der Waals surface area contributed by atoms with E-state index in [4.69, 9.17) is 4.84 Å². The van der Waals surface area contributed by atoms with E-state index in [0.29, 0.717) is 45.9 Å². The first-order chi connectivity index (χ1) is 26.4. The number of fused-ring (bicyclic) bond motifs is 2. The van der Waals surface area contributed by atoms with Gasteiger partial charge in [0.05, 0.1) is 7.11 Å². The number of benzene rings is 5. The second kappa shape index (κ2) is 14.0. The van der Waals surface area contributed by atoms with Gasteiger partial charge >= 0.3 is 0 Å². The Morgan fingerprint density at radius 1 is 0.564 bits per heavy atom. The minimum absolute atomic E-state index is 0.125. The molecule has 8 heteroatoms. The normalized spacial score (nSPS) is 18.8. The van der Waals surface area contributed by atoms with Crippen molar-refractivity contribution in [1.29, 1.82) is 0 Å². The van der Waals surface area contributed by atoms with E-state index in [-0.39, 0.29) is 35.7 Å². The summed E-state index contributed by atoms with van der Waals surface area (Å²) in [6, 6.07) is 15.1. The molecule has 0 unspecified atom stereocenters. The quantitative estimate of drug-likeness (QED) is 0.0517. The molecule has 0 bridgehead atoms. The summed E-state index contributed by atoms with van der Waals surface area (Å²) in [5, 5.41) is 8.77. The molecule has 0 radical (unpaired) electrons. The van der Waals surface area contributed by atoms with E-state index >= 15 is 0 Å². The third-order valence-electron chi connectivity index (χ3n) is 13.0. The fourth-order valence-corrected chi connectivity index (χ4v) is 10.9. The Balaban J connectivity index is 1.22. The molecular formula is C47H55N3O5. The van der Waals surface area contributed by atoms with Gasteiger partial charge in [0.2, 0.25) is 0 Å². The van der Waals surface area contributed by atoms with Crippen LogP contribution in [0.25, 0.3) is 43.1 Å². The van der Waals surface area contributed by atoms with E-state index in [1.807, 2.05) is 53.6 Å².